The van der Waals surface area contributed by atoms with Crippen LogP contribution in [0.1, 0.15) is 26.2 Å². The smallest absolute Gasteiger partial charge is 0.303 e. The van der Waals surface area contributed by atoms with Crippen LogP contribution in [0.3, 0.4) is 0 Å². The molecule has 0 bridgehead atoms. The lowest BCUT2D eigenvalue weighted by molar-refractivity contribution is -0.136. The summed E-state index contributed by atoms with van der Waals surface area (Å²) < 4.78 is 0. The van der Waals surface area contributed by atoms with Gasteiger partial charge in [-0.25, -0.2) is 0 Å². The second-order valence-corrected chi connectivity index (χ2v) is 2.21. The SMILES string of the molecule is C/C=C/CC=CCCC(=O)O. The molecule has 0 aromatic carbocycles. The molecule has 0 fully saturated rings. The minimum Gasteiger partial charge on any atom is -0.481 e. The number of carboxylic acids is 1. The molecule has 0 amide bonds. The van der Waals surface area contributed by atoms with Crippen molar-refractivity contribution in [3.63, 3.8) is 0 Å². The first-order chi connectivity index (χ1) is 5.27. The average molecular weight is 154 g/mol. The van der Waals surface area contributed by atoms with Gasteiger partial charge in [-0.15, -0.1) is 0 Å². The molecule has 0 atom stereocenters. The van der Waals surface area contributed by atoms with Gasteiger partial charge in [0.05, 0.1) is 0 Å². The lowest BCUT2D eigenvalue weighted by Gasteiger charge is -1.85. The molecule has 62 valence electrons. The Morgan fingerprint density at radius 1 is 1.36 bits per heavy atom. The maximum absolute atomic E-state index is 10.0. The Morgan fingerprint density at radius 3 is 2.64 bits per heavy atom. The molecule has 0 radical (unpaired) electrons. The van der Waals surface area contributed by atoms with Crippen LogP contribution >= 0.6 is 0 Å². The van der Waals surface area contributed by atoms with E-state index in [-0.39, 0.29) is 6.42 Å². The topological polar surface area (TPSA) is 37.3 Å². The standard InChI is InChI=1S/C9H14O2/c1-2-3-4-5-6-7-8-9(10)11/h2-3,5-6H,4,7-8H2,1H3,(H,10,11)/b3-2+,6-5?. The molecule has 0 heterocycles. The second kappa shape index (κ2) is 7.06. The molecule has 0 saturated carbocycles. The van der Waals surface area contributed by atoms with Gasteiger partial charge in [0.25, 0.3) is 0 Å². The predicted octanol–water partition coefficient (Wildman–Crippen LogP) is 2.37. The number of aliphatic carboxylic acids is 1. The molecule has 0 aromatic rings. The van der Waals surface area contributed by atoms with Gasteiger partial charge in [-0.05, 0) is 19.8 Å². The Morgan fingerprint density at radius 2 is 2.09 bits per heavy atom. The van der Waals surface area contributed by atoms with Crippen molar-refractivity contribution in [1.29, 1.82) is 0 Å². The number of allylic oxidation sites excluding steroid dienone is 4. The van der Waals surface area contributed by atoms with Gasteiger partial charge >= 0.3 is 5.97 Å². The zero-order chi connectivity index (χ0) is 8.53. The van der Waals surface area contributed by atoms with Gasteiger partial charge in [0.1, 0.15) is 0 Å². The number of hydrogen-bond donors (Lipinski definition) is 1. The lowest BCUT2D eigenvalue weighted by atomic mass is 10.2. The highest BCUT2D eigenvalue weighted by Gasteiger charge is 1.90. The van der Waals surface area contributed by atoms with Crippen LogP contribution in [-0.4, -0.2) is 11.1 Å². The Kier molecular flexibility index (Phi) is 6.39. The molecule has 0 unspecified atom stereocenters. The zero-order valence-corrected chi connectivity index (χ0v) is 6.79. The summed E-state index contributed by atoms with van der Waals surface area (Å²) in [7, 11) is 0. The van der Waals surface area contributed by atoms with Gasteiger partial charge in [0.2, 0.25) is 0 Å². The molecule has 0 aliphatic carbocycles. The first-order valence-corrected chi connectivity index (χ1v) is 3.75. The van der Waals surface area contributed by atoms with E-state index in [4.69, 9.17) is 5.11 Å². The van der Waals surface area contributed by atoms with Crippen LogP contribution in [-0.2, 0) is 4.79 Å². The van der Waals surface area contributed by atoms with Crippen molar-refractivity contribution in [2.45, 2.75) is 26.2 Å². The van der Waals surface area contributed by atoms with E-state index in [0.717, 1.165) is 6.42 Å². The summed E-state index contributed by atoms with van der Waals surface area (Å²) in [6, 6.07) is 0. The van der Waals surface area contributed by atoms with E-state index < -0.39 is 5.97 Å². The Labute approximate surface area is 67.2 Å². The van der Waals surface area contributed by atoms with E-state index in [1.807, 2.05) is 31.2 Å². The van der Waals surface area contributed by atoms with Crippen molar-refractivity contribution in [2.24, 2.45) is 0 Å². The van der Waals surface area contributed by atoms with E-state index in [1.54, 1.807) is 0 Å². The molecule has 0 aromatic heterocycles. The van der Waals surface area contributed by atoms with E-state index in [9.17, 15) is 4.79 Å². The molecule has 0 aliphatic rings. The van der Waals surface area contributed by atoms with E-state index >= 15 is 0 Å². The summed E-state index contributed by atoms with van der Waals surface area (Å²) in [5, 5.41) is 8.27. The summed E-state index contributed by atoms with van der Waals surface area (Å²) >= 11 is 0. The molecule has 0 rings (SSSR count). The molecule has 11 heavy (non-hydrogen) atoms. The lowest BCUT2D eigenvalue weighted by Crippen LogP contribution is -1.91. The second-order valence-electron chi connectivity index (χ2n) is 2.21. The first-order valence-electron chi connectivity index (χ1n) is 3.75. The molecular formula is C9H14O2. The van der Waals surface area contributed by atoms with Crippen LogP contribution < -0.4 is 0 Å². The third-order valence-electron chi connectivity index (χ3n) is 1.20. The fourth-order valence-corrected chi connectivity index (χ4v) is 0.636. The normalized spacial score (nSPS) is 11.4. The Hall–Kier alpha value is -1.05. The van der Waals surface area contributed by atoms with Gasteiger partial charge in [0.15, 0.2) is 0 Å². The van der Waals surface area contributed by atoms with Crippen molar-refractivity contribution in [3.05, 3.63) is 24.3 Å². The Bertz CT molecular complexity index is 157. The minimum absolute atomic E-state index is 0.229. The van der Waals surface area contributed by atoms with Crippen molar-refractivity contribution < 1.29 is 9.90 Å². The maximum atomic E-state index is 10.0. The van der Waals surface area contributed by atoms with Crippen molar-refractivity contribution in [1.82, 2.24) is 0 Å². The first kappa shape index (κ1) is 9.95. The van der Waals surface area contributed by atoms with Gasteiger partial charge in [-0.2, -0.15) is 0 Å². The van der Waals surface area contributed by atoms with Gasteiger partial charge in [0, 0.05) is 6.42 Å². The van der Waals surface area contributed by atoms with E-state index in [1.165, 1.54) is 0 Å². The third-order valence-corrected chi connectivity index (χ3v) is 1.20. The summed E-state index contributed by atoms with van der Waals surface area (Å²) in [5.74, 6) is -0.735. The summed E-state index contributed by atoms with van der Waals surface area (Å²) in [6.45, 7) is 1.96. The van der Waals surface area contributed by atoms with Crippen LogP contribution in [0.4, 0.5) is 0 Å². The summed E-state index contributed by atoms with van der Waals surface area (Å²) in [6.07, 6.45) is 9.63. The molecule has 0 aliphatic heterocycles. The molecule has 2 nitrogen and oxygen atoms in total. The van der Waals surface area contributed by atoms with Crippen LogP contribution in [0.2, 0.25) is 0 Å². The molecular weight excluding hydrogens is 140 g/mol. The summed E-state index contributed by atoms with van der Waals surface area (Å²) in [4.78, 5) is 10.0. The monoisotopic (exact) mass is 154 g/mol. The van der Waals surface area contributed by atoms with Gasteiger partial charge < -0.3 is 5.11 Å². The zero-order valence-electron chi connectivity index (χ0n) is 6.79. The molecule has 1 N–H and O–H groups in total. The fraction of sp³-hybridized carbons (Fsp3) is 0.444. The fourth-order valence-electron chi connectivity index (χ4n) is 0.636. The third kappa shape index (κ3) is 8.95. The number of carboxylic acid groups (broad SMARTS) is 1. The molecule has 0 saturated heterocycles. The van der Waals surface area contributed by atoms with E-state index in [0.29, 0.717) is 6.42 Å². The quantitative estimate of drug-likeness (QED) is 0.617. The van der Waals surface area contributed by atoms with Crippen LogP contribution in [0.25, 0.3) is 0 Å². The van der Waals surface area contributed by atoms with Crippen molar-refractivity contribution in [3.8, 4) is 0 Å². The highest BCUT2D eigenvalue weighted by atomic mass is 16.4. The average Bonchev–Trinajstić information content (AvgIpc) is 1.96. The largest absolute Gasteiger partial charge is 0.481 e. The highest BCUT2D eigenvalue weighted by molar-refractivity contribution is 5.66. The summed E-state index contributed by atoms with van der Waals surface area (Å²) in [5.41, 5.74) is 0. The number of rotatable bonds is 5. The van der Waals surface area contributed by atoms with Crippen LogP contribution in [0.15, 0.2) is 24.3 Å². The van der Waals surface area contributed by atoms with Crippen molar-refractivity contribution in [2.75, 3.05) is 0 Å². The van der Waals surface area contributed by atoms with Crippen LogP contribution in [0, 0.1) is 0 Å². The van der Waals surface area contributed by atoms with E-state index in [2.05, 4.69) is 0 Å². The maximum Gasteiger partial charge on any atom is 0.303 e. The number of hydrogen-bond acceptors (Lipinski definition) is 1. The van der Waals surface area contributed by atoms with Gasteiger partial charge in [-0.1, -0.05) is 24.3 Å². The molecule has 0 spiro atoms. The highest BCUT2D eigenvalue weighted by Crippen LogP contribution is 1.93. The molecule has 2 heteroatoms. The number of carbonyl (C=O) groups is 1. The Balaban J connectivity index is 3.23. The van der Waals surface area contributed by atoms with Crippen molar-refractivity contribution >= 4 is 5.97 Å². The minimum atomic E-state index is -0.735. The van der Waals surface area contributed by atoms with Gasteiger partial charge in [-0.3, -0.25) is 4.79 Å². The predicted molar refractivity (Wildman–Crippen MR) is 45.4 cm³/mol. The van der Waals surface area contributed by atoms with Crippen LogP contribution in [0.5, 0.6) is 0 Å².